The molecule has 0 aliphatic heterocycles. The third-order valence-electron chi connectivity index (χ3n) is 2.56. The van der Waals surface area contributed by atoms with E-state index in [1.807, 2.05) is 0 Å². The highest BCUT2D eigenvalue weighted by molar-refractivity contribution is 9.10. The Balaban J connectivity index is 1.97. The zero-order valence-corrected chi connectivity index (χ0v) is 13.3. The summed E-state index contributed by atoms with van der Waals surface area (Å²) in [6.07, 6.45) is -0.988. The summed E-state index contributed by atoms with van der Waals surface area (Å²) in [5, 5.41) is 2.99. The van der Waals surface area contributed by atoms with Crippen LogP contribution in [-0.4, -0.2) is 18.0 Å². The second-order valence-corrected chi connectivity index (χ2v) is 5.31. The van der Waals surface area contributed by atoms with Crippen molar-refractivity contribution in [3.8, 4) is 0 Å². The number of rotatable bonds is 4. The minimum Gasteiger partial charge on any atom is -0.447 e. The molecule has 0 bridgehead atoms. The molecule has 1 aromatic heterocycles. The lowest BCUT2D eigenvalue weighted by Gasteiger charge is -2.13. The van der Waals surface area contributed by atoms with Gasteiger partial charge in [0.25, 0.3) is 5.91 Å². The predicted octanol–water partition coefficient (Wildman–Crippen LogP) is 3.88. The van der Waals surface area contributed by atoms with Gasteiger partial charge in [0.1, 0.15) is 0 Å². The Kier molecular flexibility index (Phi) is 5.03. The molecule has 2 rings (SSSR count). The molecule has 1 aromatic carbocycles. The average Bonchev–Trinajstić information content (AvgIpc) is 2.88. The van der Waals surface area contributed by atoms with Crippen LogP contribution in [0.5, 0.6) is 0 Å². The highest BCUT2D eigenvalue weighted by Gasteiger charge is 2.21. The average molecular weight is 373 g/mol. The number of carbonyl (C=O) groups excluding carboxylic acids is 2. The van der Waals surface area contributed by atoms with Crippen LogP contribution in [0.2, 0.25) is 5.02 Å². The molecule has 0 spiro atoms. The molecule has 0 fully saturated rings. The number of furan rings is 1. The number of amides is 1. The SMILES string of the molecule is CC(OC(=O)c1ccc(Br)o1)C(=O)Nc1ccccc1Cl. The lowest BCUT2D eigenvalue weighted by atomic mass is 10.3. The molecule has 0 saturated carbocycles. The first-order valence-electron chi connectivity index (χ1n) is 5.99. The van der Waals surface area contributed by atoms with Gasteiger partial charge in [0.15, 0.2) is 10.8 Å². The van der Waals surface area contributed by atoms with Crippen molar-refractivity contribution in [1.29, 1.82) is 0 Å². The van der Waals surface area contributed by atoms with Crippen molar-refractivity contribution in [2.24, 2.45) is 0 Å². The Hall–Kier alpha value is -1.79. The predicted molar refractivity (Wildman–Crippen MR) is 81.4 cm³/mol. The molecule has 2 aromatic rings. The number of esters is 1. The first kappa shape index (κ1) is 15.6. The summed E-state index contributed by atoms with van der Waals surface area (Å²) in [5.74, 6) is -1.19. The van der Waals surface area contributed by atoms with Crippen molar-refractivity contribution in [3.05, 3.63) is 51.9 Å². The number of nitrogens with one attached hydrogen (secondary N) is 1. The van der Waals surface area contributed by atoms with E-state index in [2.05, 4.69) is 21.2 Å². The molecular weight excluding hydrogens is 362 g/mol. The van der Waals surface area contributed by atoms with Gasteiger partial charge < -0.3 is 14.5 Å². The smallest absolute Gasteiger partial charge is 0.375 e. The molecule has 0 aliphatic carbocycles. The number of hydrogen-bond acceptors (Lipinski definition) is 4. The Morgan fingerprint density at radius 3 is 2.62 bits per heavy atom. The van der Waals surface area contributed by atoms with E-state index in [4.69, 9.17) is 20.8 Å². The Morgan fingerprint density at radius 2 is 2.00 bits per heavy atom. The van der Waals surface area contributed by atoms with Gasteiger partial charge in [-0.15, -0.1) is 0 Å². The van der Waals surface area contributed by atoms with Crippen molar-refractivity contribution < 1.29 is 18.7 Å². The van der Waals surface area contributed by atoms with E-state index in [1.54, 1.807) is 30.3 Å². The zero-order chi connectivity index (χ0) is 15.4. The van der Waals surface area contributed by atoms with Crippen LogP contribution >= 0.6 is 27.5 Å². The molecule has 1 unspecified atom stereocenters. The highest BCUT2D eigenvalue weighted by Crippen LogP contribution is 2.21. The summed E-state index contributed by atoms with van der Waals surface area (Å²) < 4.78 is 10.5. The van der Waals surface area contributed by atoms with Crippen molar-refractivity contribution in [1.82, 2.24) is 0 Å². The summed E-state index contributed by atoms with van der Waals surface area (Å²) in [7, 11) is 0. The van der Waals surface area contributed by atoms with Gasteiger partial charge in [-0.1, -0.05) is 23.7 Å². The van der Waals surface area contributed by atoms with Crippen LogP contribution in [0.3, 0.4) is 0 Å². The van der Waals surface area contributed by atoms with Gasteiger partial charge in [-0.3, -0.25) is 4.79 Å². The lowest BCUT2D eigenvalue weighted by molar-refractivity contribution is -0.123. The maximum Gasteiger partial charge on any atom is 0.375 e. The number of benzene rings is 1. The van der Waals surface area contributed by atoms with Crippen molar-refractivity contribution >= 4 is 45.1 Å². The molecule has 0 saturated heterocycles. The largest absolute Gasteiger partial charge is 0.447 e. The fourth-order valence-corrected chi connectivity index (χ4v) is 1.98. The molecule has 5 nitrogen and oxygen atoms in total. The highest BCUT2D eigenvalue weighted by atomic mass is 79.9. The number of para-hydroxylation sites is 1. The fourth-order valence-electron chi connectivity index (χ4n) is 1.49. The van der Waals surface area contributed by atoms with Crippen LogP contribution < -0.4 is 5.32 Å². The molecule has 1 atom stereocenters. The molecule has 1 N–H and O–H groups in total. The van der Waals surface area contributed by atoms with Gasteiger partial charge in [0, 0.05) is 0 Å². The molecule has 1 amide bonds. The van der Waals surface area contributed by atoms with Crippen molar-refractivity contribution in [2.45, 2.75) is 13.0 Å². The molecule has 7 heteroatoms. The van der Waals surface area contributed by atoms with Crippen LogP contribution in [0.4, 0.5) is 5.69 Å². The van der Waals surface area contributed by atoms with Crippen LogP contribution in [-0.2, 0) is 9.53 Å². The Bertz CT molecular complexity index is 670. The van der Waals surface area contributed by atoms with Crippen LogP contribution in [0.25, 0.3) is 0 Å². The second kappa shape index (κ2) is 6.78. The molecule has 110 valence electrons. The summed E-state index contributed by atoms with van der Waals surface area (Å²) in [6.45, 7) is 1.46. The van der Waals surface area contributed by atoms with Crippen molar-refractivity contribution in [3.63, 3.8) is 0 Å². The topological polar surface area (TPSA) is 68.5 Å². The molecular formula is C14H11BrClNO4. The zero-order valence-electron chi connectivity index (χ0n) is 10.9. The van der Waals surface area contributed by atoms with E-state index in [1.165, 1.54) is 13.0 Å². The summed E-state index contributed by atoms with van der Waals surface area (Å²) in [6, 6.07) is 9.79. The van der Waals surface area contributed by atoms with Crippen LogP contribution in [0.15, 0.2) is 45.5 Å². The maximum atomic E-state index is 11.9. The lowest BCUT2D eigenvalue weighted by Crippen LogP contribution is -2.30. The number of carbonyl (C=O) groups is 2. The van der Waals surface area contributed by atoms with Crippen molar-refractivity contribution in [2.75, 3.05) is 5.32 Å². The maximum absolute atomic E-state index is 11.9. The summed E-state index contributed by atoms with van der Waals surface area (Å²) >= 11 is 9.01. The van der Waals surface area contributed by atoms with Gasteiger partial charge in [-0.05, 0) is 47.1 Å². The summed E-state index contributed by atoms with van der Waals surface area (Å²) in [5.41, 5.74) is 0.452. The Morgan fingerprint density at radius 1 is 1.29 bits per heavy atom. The molecule has 21 heavy (non-hydrogen) atoms. The second-order valence-electron chi connectivity index (χ2n) is 4.12. The van der Waals surface area contributed by atoms with Crippen LogP contribution in [0.1, 0.15) is 17.5 Å². The first-order valence-corrected chi connectivity index (χ1v) is 7.16. The molecule has 0 aliphatic rings. The Labute approximate surface area is 134 Å². The van der Waals surface area contributed by atoms with E-state index in [0.29, 0.717) is 15.4 Å². The van der Waals surface area contributed by atoms with Gasteiger partial charge in [0.05, 0.1) is 10.7 Å². The van der Waals surface area contributed by atoms with Gasteiger partial charge in [-0.2, -0.15) is 0 Å². The monoisotopic (exact) mass is 371 g/mol. The normalized spacial score (nSPS) is 11.8. The van der Waals surface area contributed by atoms with E-state index in [9.17, 15) is 9.59 Å². The van der Waals surface area contributed by atoms with E-state index >= 15 is 0 Å². The first-order chi connectivity index (χ1) is 9.97. The van der Waals surface area contributed by atoms with E-state index in [-0.39, 0.29) is 5.76 Å². The van der Waals surface area contributed by atoms with E-state index in [0.717, 1.165) is 0 Å². The van der Waals surface area contributed by atoms with Gasteiger partial charge in [0.2, 0.25) is 5.76 Å². The molecule has 1 heterocycles. The molecule has 0 radical (unpaired) electrons. The number of hydrogen-bond donors (Lipinski definition) is 1. The quantitative estimate of drug-likeness (QED) is 0.827. The van der Waals surface area contributed by atoms with Gasteiger partial charge in [-0.25, -0.2) is 4.79 Å². The fraction of sp³-hybridized carbons (Fsp3) is 0.143. The summed E-state index contributed by atoms with van der Waals surface area (Å²) in [4.78, 5) is 23.7. The number of anilines is 1. The minimum absolute atomic E-state index is 0.0132. The van der Waals surface area contributed by atoms with Gasteiger partial charge >= 0.3 is 5.97 Å². The third-order valence-corrected chi connectivity index (χ3v) is 3.31. The third kappa shape index (κ3) is 4.09. The minimum atomic E-state index is -0.988. The number of halogens is 2. The standard InChI is InChI=1S/C14H11BrClNO4/c1-8(20-14(19)11-6-7-12(15)21-11)13(18)17-10-5-3-2-4-9(10)16/h2-8H,1H3,(H,17,18). The van der Waals surface area contributed by atoms with Crippen LogP contribution in [0, 0.1) is 0 Å². The van der Waals surface area contributed by atoms with E-state index < -0.39 is 18.0 Å². The number of ether oxygens (including phenoxy) is 1.